The maximum absolute atomic E-state index is 4.55. The fraction of sp³-hybridized carbons (Fsp3) is 0.526. The largest absolute Gasteiger partial charge is 0.308 e. The van der Waals surface area contributed by atoms with E-state index in [1.54, 1.807) is 0 Å². The van der Waals surface area contributed by atoms with Crippen LogP contribution in [0.1, 0.15) is 52.3 Å². The highest BCUT2D eigenvalue weighted by atomic mass is 15.0. The summed E-state index contributed by atoms with van der Waals surface area (Å²) in [5.74, 6) is 0. The van der Waals surface area contributed by atoms with Gasteiger partial charge >= 0.3 is 0 Å². The number of benzene rings is 1. The van der Waals surface area contributed by atoms with Crippen LogP contribution in [-0.2, 0) is 6.54 Å². The normalized spacial score (nSPS) is 12.9. The minimum Gasteiger partial charge on any atom is -0.308 e. The Morgan fingerprint density at radius 2 is 1.71 bits per heavy atom. The van der Waals surface area contributed by atoms with Crippen molar-refractivity contribution in [2.75, 3.05) is 0 Å². The van der Waals surface area contributed by atoms with Crippen LogP contribution in [0, 0.1) is 12.3 Å². The van der Waals surface area contributed by atoms with Crippen molar-refractivity contribution in [2.45, 2.75) is 60.0 Å². The number of aryl methyl sites for hydroxylation is 1. The molecule has 0 saturated carbocycles. The van der Waals surface area contributed by atoms with E-state index in [4.69, 9.17) is 0 Å². The number of fused-ring (bicyclic) bond motifs is 1. The molecule has 0 spiro atoms. The number of hydrogen-bond acceptors (Lipinski definition) is 2. The zero-order valence-electron chi connectivity index (χ0n) is 14.2. The molecule has 0 atom stereocenters. The SMILES string of the molecule is Cc1ccc2cc(CNC(C)(C)CC(C)(C)C)ccc2n1. The highest BCUT2D eigenvalue weighted by Crippen LogP contribution is 2.27. The molecule has 2 heteroatoms. The Kier molecular flexibility index (Phi) is 4.38. The second kappa shape index (κ2) is 5.76. The third kappa shape index (κ3) is 4.82. The highest BCUT2D eigenvalue weighted by molar-refractivity contribution is 5.79. The zero-order chi connectivity index (χ0) is 15.7. The van der Waals surface area contributed by atoms with Gasteiger partial charge in [0.25, 0.3) is 0 Å². The molecular weight excluding hydrogens is 256 g/mol. The van der Waals surface area contributed by atoms with Gasteiger partial charge in [-0.2, -0.15) is 0 Å². The average Bonchev–Trinajstić information content (AvgIpc) is 2.33. The van der Waals surface area contributed by atoms with E-state index < -0.39 is 0 Å². The molecule has 0 amide bonds. The Labute approximate surface area is 129 Å². The van der Waals surface area contributed by atoms with Crippen LogP contribution in [0.5, 0.6) is 0 Å². The number of pyridine rings is 1. The van der Waals surface area contributed by atoms with E-state index in [0.717, 1.165) is 24.2 Å². The monoisotopic (exact) mass is 284 g/mol. The van der Waals surface area contributed by atoms with Crippen LogP contribution in [0.15, 0.2) is 30.3 Å². The molecule has 2 nitrogen and oxygen atoms in total. The molecule has 1 N–H and O–H groups in total. The van der Waals surface area contributed by atoms with Crippen LogP contribution in [0.2, 0.25) is 0 Å². The van der Waals surface area contributed by atoms with Crippen LogP contribution >= 0.6 is 0 Å². The van der Waals surface area contributed by atoms with Crippen LogP contribution < -0.4 is 5.32 Å². The summed E-state index contributed by atoms with van der Waals surface area (Å²) >= 11 is 0. The summed E-state index contributed by atoms with van der Waals surface area (Å²) in [7, 11) is 0. The smallest absolute Gasteiger partial charge is 0.0705 e. The summed E-state index contributed by atoms with van der Waals surface area (Å²) in [4.78, 5) is 4.55. The Morgan fingerprint density at radius 1 is 1.00 bits per heavy atom. The summed E-state index contributed by atoms with van der Waals surface area (Å²) in [5, 5.41) is 4.90. The summed E-state index contributed by atoms with van der Waals surface area (Å²) in [6.07, 6.45) is 1.15. The minimum atomic E-state index is 0.138. The molecule has 0 aliphatic heterocycles. The summed E-state index contributed by atoms with van der Waals surface area (Å²) in [6.45, 7) is 14.4. The predicted octanol–water partition coefficient (Wildman–Crippen LogP) is 4.85. The molecule has 0 saturated heterocycles. The van der Waals surface area contributed by atoms with E-state index in [0.29, 0.717) is 5.41 Å². The fourth-order valence-electron chi connectivity index (χ4n) is 3.12. The van der Waals surface area contributed by atoms with Gasteiger partial charge in [-0.25, -0.2) is 0 Å². The maximum atomic E-state index is 4.55. The van der Waals surface area contributed by atoms with Crippen molar-refractivity contribution in [3.8, 4) is 0 Å². The topological polar surface area (TPSA) is 24.9 Å². The van der Waals surface area contributed by atoms with Gasteiger partial charge in [-0.15, -0.1) is 0 Å². The third-order valence-corrected chi connectivity index (χ3v) is 3.64. The van der Waals surface area contributed by atoms with Crippen molar-refractivity contribution in [1.29, 1.82) is 0 Å². The summed E-state index contributed by atoms with van der Waals surface area (Å²) in [6, 6.07) is 10.8. The molecular formula is C19H28N2. The van der Waals surface area contributed by atoms with Gasteiger partial charge < -0.3 is 5.32 Å². The Balaban J connectivity index is 2.08. The fourth-order valence-corrected chi connectivity index (χ4v) is 3.12. The lowest BCUT2D eigenvalue weighted by Gasteiger charge is -2.33. The van der Waals surface area contributed by atoms with Gasteiger partial charge in [-0.05, 0) is 56.4 Å². The van der Waals surface area contributed by atoms with E-state index in [-0.39, 0.29) is 5.54 Å². The molecule has 1 aromatic carbocycles. The van der Waals surface area contributed by atoms with Crippen LogP contribution in [0.3, 0.4) is 0 Å². The van der Waals surface area contributed by atoms with E-state index in [9.17, 15) is 0 Å². The molecule has 1 aromatic heterocycles. The van der Waals surface area contributed by atoms with E-state index in [1.165, 1.54) is 10.9 Å². The third-order valence-electron chi connectivity index (χ3n) is 3.64. The van der Waals surface area contributed by atoms with Crippen LogP contribution in [0.25, 0.3) is 10.9 Å². The van der Waals surface area contributed by atoms with Crippen molar-refractivity contribution in [1.82, 2.24) is 10.3 Å². The van der Waals surface area contributed by atoms with Gasteiger partial charge in [0.2, 0.25) is 0 Å². The van der Waals surface area contributed by atoms with Gasteiger partial charge in [0.05, 0.1) is 5.52 Å². The molecule has 114 valence electrons. The number of aromatic nitrogens is 1. The summed E-state index contributed by atoms with van der Waals surface area (Å²) < 4.78 is 0. The molecule has 0 radical (unpaired) electrons. The first-order chi connectivity index (χ1) is 9.65. The van der Waals surface area contributed by atoms with Crippen molar-refractivity contribution >= 4 is 10.9 Å². The maximum Gasteiger partial charge on any atom is 0.0705 e. The lowest BCUT2D eigenvalue weighted by Crippen LogP contribution is -2.41. The lowest BCUT2D eigenvalue weighted by molar-refractivity contribution is 0.241. The average molecular weight is 284 g/mol. The molecule has 0 bridgehead atoms. The minimum absolute atomic E-state index is 0.138. The molecule has 1 heterocycles. The van der Waals surface area contributed by atoms with Gasteiger partial charge in [-0.1, -0.05) is 32.9 Å². The molecule has 2 aromatic rings. The Morgan fingerprint density at radius 3 is 2.38 bits per heavy atom. The van der Waals surface area contributed by atoms with Gasteiger partial charge in [0.1, 0.15) is 0 Å². The van der Waals surface area contributed by atoms with Crippen molar-refractivity contribution in [3.05, 3.63) is 41.6 Å². The highest BCUT2D eigenvalue weighted by Gasteiger charge is 2.24. The molecule has 2 rings (SSSR count). The number of hydrogen-bond donors (Lipinski definition) is 1. The van der Waals surface area contributed by atoms with Crippen molar-refractivity contribution < 1.29 is 0 Å². The molecule has 0 aliphatic rings. The van der Waals surface area contributed by atoms with E-state index >= 15 is 0 Å². The quantitative estimate of drug-likeness (QED) is 0.868. The molecule has 0 unspecified atom stereocenters. The van der Waals surface area contributed by atoms with Crippen molar-refractivity contribution in [3.63, 3.8) is 0 Å². The summed E-state index contributed by atoms with van der Waals surface area (Å²) in [5.41, 5.74) is 3.93. The number of nitrogens with zero attached hydrogens (tertiary/aromatic N) is 1. The Bertz CT molecular complexity index is 621. The van der Waals surface area contributed by atoms with Gasteiger partial charge in [0, 0.05) is 23.2 Å². The van der Waals surface area contributed by atoms with Crippen LogP contribution in [0.4, 0.5) is 0 Å². The first kappa shape index (κ1) is 16.0. The van der Waals surface area contributed by atoms with Gasteiger partial charge in [-0.3, -0.25) is 4.98 Å². The lowest BCUT2D eigenvalue weighted by atomic mass is 9.82. The standard InChI is InChI=1S/C19H28N2/c1-14-7-9-16-11-15(8-10-17(16)21-14)12-20-19(5,6)13-18(2,3)4/h7-11,20H,12-13H2,1-6H3. The van der Waals surface area contributed by atoms with E-state index in [2.05, 4.69) is 75.3 Å². The second-order valence-corrected chi connectivity index (χ2v) is 7.95. The second-order valence-electron chi connectivity index (χ2n) is 7.95. The first-order valence-corrected chi connectivity index (χ1v) is 7.76. The molecule has 0 fully saturated rings. The van der Waals surface area contributed by atoms with E-state index in [1.807, 2.05) is 6.92 Å². The first-order valence-electron chi connectivity index (χ1n) is 7.76. The predicted molar refractivity (Wildman–Crippen MR) is 91.5 cm³/mol. The van der Waals surface area contributed by atoms with Crippen molar-refractivity contribution in [2.24, 2.45) is 5.41 Å². The molecule has 0 aliphatic carbocycles. The Hall–Kier alpha value is -1.41. The van der Waals surface area contributed by atoms with Crippen LogP contribution in [-0.4, -0.2) is 10.5 Å². The number of nitrogens with one attached hydrogen (secondary N) is 1. The number of rotatable bonds is 4. The molecule has 21 heavy (non-hydrogen) atoms. The zero-order valence-corrected chi connectivity index (χ0v) is 14.2. The van der Waals surface area contributed by atoms with Gasteiger partial charge in [0.15, 0.2) is 0 Å².